The second kappa shape index (κ2) is 8.06. The van der Waals surface area contributed by atoms with E-state index in [1.165, 1.54) is 29.2 Å². The molecule has 1 fully saturated rings. The number of imide groups is 1. The number of hydrogen-bond donors (Lipinski definition) is 0. The molecule has 0 radical (unpaired) electrons. The van der Waals surface area contributed by atoms with Crippen molar-refractivity contribution in [3.63, 3.8) is 0 Å². The smallest absolute Gasteiger partial charge is 0.308 e. The molecule has 1 atom stereocenters. The predicted molar refractivity (Wildman–Crippen MR) is 108 cm³/mol. The maximum Gasteiger partial charge on any atom is 0.446 e. The van der Waals surface area contributed by atoms with Gasteiger partial charge in [-0.2, -0.15) is 18.3 Å². The third-order valence-electron chi connectivity index (χ3n) is 4.79. The molecule has 1 aromatic carbocycles. The zero-order valence-electron chi connectivity index (χ0n) is 16.2. The van der Waals surface area contributed by atoms with E-state index < -0.39 is 23.5 Å². The number of carbonyl (C=O) groups is 2. The first kappa shape index (κ1) is 20.9. The van der Waals surface area contributed by atoms with Gasteiger partial charge in [-0.25, -0.2) is 14.4 Å². The number of amides is 3. The second-order valence-electron chi connectivity index (χ2n) is 6.76. The molecule has 1 unspecified atom stereocenters. The molecular formula is C20H16F3N5O2S. The molecule has 0 N–H and O–H groups in total. The number of benzene rings is 1. The molecule has 2 aromatic heterocycles. The van der Waals surface area contributed by atoms with E-state index in [1.54, 1.807) is 48.5 Å². The molecule has 3 aromatic rings. The Morgan fingerprint density at radius 1 is 1.10 bits per heavy atom. The van der Waals surface area contributed by atoms with Crippen molar-refractivity contribution < 1.29 is 22.8 Å². The Bertz CT molecular complexity index is 1100. The number of anilines is 1. The van der Waals surface area contributed by atoms with Crippen LogP contribution >= 0.6 is 11.8 Å². The first-order valence-corrected chi connectivity index (χ1v) is 9.99. The van der Waals surface area contributed by atoms with E-state index in [4.69, 9.17) is 0 Å². The minimum absolute atomic E-state index is 0.0269. The average Bonchev–Trinajstić information content (AvgIpc) is 3.32. The number of halogens is 3. The summed E-state index contributed by atoms with van der Waals surface area (Å²) < 4.78 is 39.2. The summed E-state index contributed by atoms with van der Waals surface area (Å²) in [4.78, 5) is 32.3. The van der Waals surface area contributed by atoms with Crippen molar-refractivity contribution in [1.29, 1.82) is 0 Å². The van der Waals surface area contributed by atoms with Gasteiger partial charge in [-0.15, -0.1) is 0 Å². The standard InChI is InChI=1S/C20H16F3N5O2S/c1-13-18(29)28(15-3-5-16(6-4-15)31-20(21,22)23)19(30)26(13)12-14-7-9-24-11-17(14)27-10-2-8-25-27/h2-11,13H,12H2,1H3. The first-order chi connectivity index (χ1) is 14.7. The number of hydrogen-bond acceptors (Lipinski definition) is 5. The Hall–Kier alpha value is -3.34. The third kappa shape index (κ3) is 4.26. The monoisotopic (exact) mass is 447 g/mol. The predicted octanol–water partition coefficient (Wildman–Crippen LogP) is 4.24. The summed E-state index contributed by atoms with van der Waals surface area (Å²) in [6.45, 7) is 1.75. The van der Waals surface area contributed by atoms with Crippen LogP contribution in [0.3, 0.4) is 0 Å². The number of pyridine rings is 1. The molecule has 3 amide bonds. The Morgan fingerprint density at radius 3 is 2.48 bits per heavy atom. The number of thioether (sulfide) groups is 1. The van der Waals surface area contributed by atoms with E-state index >= 15 is 0 Å². The lowest BCUT2D eigenvalue weighted by atomic mass is 10.2. The van der Waals surface area contributed by atoms with Gasteiger partial charge in [0.1, 0.15) is 6.04 Å². The molecule has 4 rings (SSSR count). The molecule has 0 bridgehead atoms. The number of rotatable bonds is 5. The zero-order chi connectivity index (χ0) is 22.2. The maximum absolute atomic E-state index is 13.1. The summed E-state index contributed by atoms with van der Waals surface area (Å²) in [7, 11) is 0. The van der Waals surface area contributed by atoms with Crippen molar-refractivity contribution in [2.24, 2.45) is 0 Å². The van der Waals surface area contributed by atoms with E-state index in [-0.39, 0.29) is 28.9 Å². The minimum atomic E-state index is -4.41. The molecule has 1 aliphatic heterocycles. The van der Waals surface area contributed by atoms with Gasteiger partial charge in [0.2, 0.25) is 0 Å². The molecule has 11 heteroatoms. The van der Waals surface area contributed by atoms with Crippen LogP contribution in [-0.4, -0.2) is 43.2 Å². The number of urea groups is 1. The number of alkyl halides is 3. The van der Waals surface area contributed by atoms with Crippen molar-refractivity contribution in [2.75, 3.05) is 4.90 Å². The van der Waals surface area contributed by atoms with Gasteiger partial charge in [-0.1, -0.05) is 0 Å². The van der Waals surface area contributed by atoms with Gasteiger partial charge in [-0.05, 0) is 55.1 Å². The number of carbonyl (C=O) groups excluding carboxylic acids is 2. The fourth-order valence-corrected chi connectivity index (χ4v) is 3.84. The Morgan fingerprint density at radius 2 is 1.84 bits per heavy atom. The SMILES string of the molecule is CC1C(=O)N(c2ccc(SC(F)(F)F)cc2)C(=O)N1Cc1ccncc1-n1cccn1. The van der Waals surface area contributed by atoms with E-state index in [1.807, 2.05) is 0 Å². The molecule has 0 spiro atoms. The van der Waals surface area contributed by atoms with E-state index in [0.717, 1.165) is 10.5 Å². The zero-order valence-corrected chi connectivity index (χ0v) is 17.0. The maximum atomic E-state index is 13.1. The van der Waals surface area contributed by atoms with Gasteiger partial charge in [0.05, 0.1) is 24.1 Å². The van der Waals surface area contributed by atoms with E-state index in [9.17, 15) is 22.8 Å². The van der Waals surface area contributed by atoms with Crippen LogP contribution in [0.25, 0.3) is 5.69 Å². The van der Waals surface area contributed by atoms with Crippen LogP contribution in [0.15, 0.2) is 66.1 Å². The summed E-state index contributed by atoms with van der Waals surface area (Å²) in [5, 5.41) is 4.18. The van der Waals surface area contributed by atoms with Gasteiger partial charge < -0.3 is 4.90 Å². The summed E-state index contributed by atoms with van der Waals surface area (Å²) in [6.07, 6.45) is 6.56. The Kier molecular flexibility index (Phi) is 5.44. The summed E-state index contributed by atoms with van der Waals surface area (Å²) >= 11 is -0.256. The lowest BCUT2D eigenvalue weighted by Gasteiger charge is -2.21. The van der Waals surface area contributed by atoms with Crippen molar-refractivity contribution in [3.8, 4) is 5.69 Å². The molecule has 31 heavy (non-hydrogen) atoms. The molecule has 0 aliphatic carbocycles. The highest BCUT2D eigenvalue weighted by molar-refractivity contribution is 8.00. The summed E-state index contributed by atoms with van der Waals surface area (Å²) in [5.41, 5.74) is -2.78. The highest BCUT2D eigenvalue weighted by Crippen LogP contribution is 2.38. The van der Waals surface area contributed by atoms with Crippen molar-refractivity contribution in [2.45, 2.75) is 29.9 Å². The van der Waals surface area contributed by atoms with Crippen molar-refractivity contribution in [3.05, 3.63) is 66.7 Å². The van der Waals surface area contributed by atoms with Gasteiger partial charge in [0.25, 0.3) is 5.91 Å². The first-order valence-electron chi connectivity index (χ1n) is 9.18. The quantitative estimate of drug-likeness (QED) is 0.432. The highest BCUT2D eigenvalue weighted by Gasteiger charge is 2.43. The minimum Gasteiger partial charge on any atom is -0.308 e. The van der Waals surface area contributed by atoms with Crippen LogP contribution in [0.1, 0.15) is 12.5 Å². The van der Waals surface area contributed by atoms with Gasteiger partial charge in [0.15, 0.2) is 0 Å². The van der Waals surface area contributed by atoms with Crippen LogP contribution in [0.2, 0.25) is 0 Å². The molecule has 0 saturated carbocycles. The van der Waals surface area contributed by atoms with E-state index in [2.05, 4.69) is 10.1 Å². The van der Waals surface area contributed by atoms with Crippen LogP contribution < -0.4 is 4.90 Å². The summed E-state index contributed by atoms with van der Waals surface area (Å²) in [6, 6.07) is 7.36. The van der Waals surface area contributed by atoms with Gasteiger partial charge in [0, 0.05) is 29.0 Å². The van der Waals surface area contributed by atoms with Crippen LogP contribution in [0.5, 0.6) is 0 Å². The Balaban J connectivity index is 1.58. The third-order valence-corrected chi connectivity index (χ3v) is 5.53. The van der Waals surface area contributed by atoms with Crippen molar-refractivity contribution in [1.82, 2.24) is 19.7 Å². The molecule has 7 nitrogen and oxygen atoms in total. The lowest BCUT2D eigenvalue weighted by Crippen LogP contribution is -2.33. The number of nitrogens with zero attached hydrogens (tertiary/aromatic N) is 5. The fourth-order valence-electron chi connectivity index (χ4n) is 3.30. The highest BCUT2D eigenvalue weighted by atomic mass is 32.2. The number of aromatic nitrogens is 3. The van der Waals surface area contributed by atoms with Crippen molar-refractivity contribution >= 4 is 29.4 Å². The fraction of sp³-hybridized carbons (Fsp3) is 0.200. The summed E-state index contributed by atoms with van der Waals surface area (Å²) in [5.74, 6) is -0.448. The molecule has 1 aliphatic rings. The molecule has 3 heterocycles. The average molecular weight is 447 g/mol. The van der Waals surface area contributed by atoms with Crippen LogP contribution in [-0.2, 0) is 11.3 Å². The molecule has 1 saturated heterocycles. The lowest BCUT2D eigenvalue weighted by molar-refractivity contribution is -0.119. The van der Waals surface area contributed by atoms with Gasteiger partial charge >= 0.3 is 11.5 Å². The van der Waals surface area contributed by atoms with Gasteiger partial charge in [-0.3, -0.25) is 9.78 Å². The van der Waals surface area contributed by atoms with Crippen LogP contribution in [0, 0.1) is 0 Å². The van der Waals surface area contributed by atoms with Crippen LogP contribution in [0.4, 0.5) is 23.7 Å². The second-order valence-corrected chi connectivity index (χ2v) is 7.90. The normalized spacial score (nSPS) is 17.0. The Labute approximate surface area is 179 Å². The largest absolute Gasteiger partial charge is 0.446 e. The molecule has 160 valence electrons. The molecular weight excluding hydrogens is 431 g/mol. The topological polar surface area (TPSA) is 71.3 Å². The van der Waals surface area contributed by atoms with E-state index in [0.29, 0.717) is 5.69 Å².